The average molecular weight is 252 g/mol. The van der Waals surface area contributed by atoms with E-state index < -0.39 is 10.1 Å². The highest BCUT2D eigenvalue weighted by atomic mass is 32.2. The van der Waals surface area contributed by atoms with Gasteiger partial charge in [-0.1, -0.05) is 0 Å². The lowest BCUT2D eigenvalue weighted by atomic mass is 10.3. The third kappa shape index (κ3) is 1.88. The number of hydrogen-bond donors (Lipinski definition) is 0. The molecule has 1 fully saturated rings. The number of fused-ring (bicyclic) bond motifs is 1. The van der Waals surface area contributed by atoms with Crippen molar-refractivity contribution in [1.82, 2.24) is 9.55 Å². The zero-order valence-corrected chi connectivity index (χ0v) is 10.1. The fraction of sp³-hybridized carbons (Fsp3) is 0.364. The molecule has 90 valence electrons. The summed E-state index contributed by atoms with van der Waals surface area (Å²) < 4.78 is 30.2. The first-order valence-corrected chi connectivity index (χ1v) is 6.88. The van der Waals surface area contributed by atoms with Crippen LogP contribution in [0.5, 0.6) is 5.75 Å². The molecule has 1 aromatic carbocycles. The molecular formula is C11H12N2O3S. The second-order valence-corrected chi connectivity index (χ2v) is 6.10. The zero-order chi connectivity index (χ0) is 12.0. The highest BCUT2D eigenvalue weighted by Gasteiger charge is 2.37. The molecule has 1 saturated carbocycles. The summed E-state index contributed by atoms with van der Waals surface area (Å²) in [4.78, 5) is 4.16. The Labute approximate surface area is 99.2 Å². The third-order valence-corrected chi connectivity index (χ3v) is 4.55. The Kier molecular flexibility index (Phi) is 2.16. The van der Waals surface area contributed by atoms with Crippen molar-refractivity contribution in [3.05, 3.63) is 24.5 Å². The normalized spacial score (nSPS) is 16.3. The highest BCUT2D eigenvalue weighted by Crippen LogP contribution is 2.31. The summed E-state index contributed by atoms with van der Waals surface area (Å²) in [6, 6.07) is 5.11. The van der Waals surface area contributed by atoms with Crippen LogP contribution < -0.4 is 4.18 Å². The maximum absolute atomic E-state index is 11.7. The van der Waals surface area contributed by atoms with Crippen LogP contribution in [0, 0.1) is 0 Å². The van der Waals surface area contributed by atoms with Crippen molar-refractivity contribution in [2.24, 2.45) is 7.05 Å². The Hall–Kier alpha value is -1.56. The van der Waals surface area contributed by atoms with Crippen molar-refractivity contribution in [2.45, 2.75) is 18.1 Å². The summed E-state index contributed by atoms with van der Waals surface area (Å²) in [7, 11) is -1.55. The van der Waals surface area contributed by atoms with Crippen LogP contribution in [0.2, 0.25) is 0 Å². The van der Waals surface area contributed by atoms with Gasteiger partial charge in [-0.2, -0.15) is 8.42 Å². The first-order valence-electron chi connectivity index (χ1n) is 5.41. The molecule has 17 heavy (non-hydrogen) atoms. The number of nitrogens with zero attached hydrogens (tertiary/aromatic N) is 2. The van der Waals surface area contributed by atoms with Gasteiger partial charge in [0, 0.05) is 13.1 Å². The molecule has 0 N–H and O–H groups in total. The van der Waals surface area contributed by atoms with Gasteiger partial charge in [-0.05, 0) is 25.0 Å². The molecule has 0 radical (unpaired) electrons. The van der Waals surface area contributed by atoms with E-state index in [2.05, 4.69) is 4.98 Å². The van der Waals surface area contributed by atoms with Crippen LogP contribution in [-0.4, -0.2) is 23.2 Å². The van der Waals surface area contributed by atoms with Gasteiger partial charge < -0.3 is 8.75 Å². The molecule has 5 nitrogen and oxygen atoms in total. The molecule has 0 bridgehead atoms. The molecule has 0 unspecified atom stereocenters. The summed E-state index contributed by atoms with van der Waals surface area (Å²) in [5.74, 6) is 0.336. The average Bonchev–Trinajstić information content (AvgIpc) is 3.05. The van der Waals surface area contributed by atoms with E-state index in [-0.39, 0.29) is 5.25 Å². The molecule has 0 saturated heterocycles. The minimum atomic E-state index is -3.44. The van der Waals surface area contributed by atoms with Gasteiger partial charge in [-0.15, -0.1) is 0 Å². The maximum atomic E-state index is 11.7. The molecule has 1 heterocycles. The lowest BCUT2D eigenvalue weighted by molar-refractivity contribution is 0.485. The summed E-state index contributed by atoms with van der Waals surface area (Å²) in [6.45, 7) is 0. The monoisotopic (exact) mass is 252 g/mol. The molecule has 6 heteroatoms. The topological polar surface area (TPSA) is 61.2 Å². The largest absolute Gasteiger partial charge is 0.382 e. The Balaban J connectivity index is 1.95. The van der Waals surface area contributed by atoms with Crippen LogP contribution in [0.1, 0.15) is 12.8 Å². The quantitative estimate of drug-likeness (QED) is 0.776. The predicted molar refractivity (Wildman–Crippen MR) is 63.3 cm³/mol. The second kappa shape index (κ2) is 3.46. The minimum Gasteiger partial charge on any atom is -0.382 e. The van der Waals surface area contributed by atoms with Gasteiger partial charge in [0.25, 0.3) is 0 Å². The molecule has 0 atom stereocenters. The van der Waals surface area contributed by atoms with E-state index in [1.807, 2.05) is 11.6 Å². The van der Waals surface area contributed by atoms with Crippen molar-refractivity contribution >= 4 is 21.2 Å². The van der Waals surface area contributed by atoms with E-state index in [1.54, 1.807) is 24.5 Å². The Morgan fingerprint density at radius 2 is 2.18 bits per heavy atom. The fourth-order valence-electron chi connectivity index (χ4n) is 1.73. The van der Waals surface area contributed by atoms with Crippen molar-refractivity contribution in [3.63, 3.8) is 0 Å². The van der Waals surface area contributed by atoms with Gasteiger partial charge in [-0.3, -0.25) is 0 Å². The van der Waals surface area contributed by atoms with Gasteiger partial charge >= 0.3 is 10.1 Å². The van der Waals surface area contributed by atoms with Crippen LogP contribution in [0.3, 0.4) is 0 Å². The third-order valence-electron chi connectivity index (χ3n) is 2.84. The molecule has 0 spiro atoms. The number of hydrogen-bond acceptors (Lipinski definition) is 4. The number of imidazole rings is 1. The Morgan fingerprint density at radius 3 is 2.88 bits per heavy atom. The van der Waals surface area contributed by atoms with Crippen LogP contribution >= 0.6 is 0 Å². The van der Waals surface area contributed by atoms with E-state index in [0.717, 1.165) is 11.0 Å². The van der Waals surface area contributed by atoms with Crippen LogP contribution in [0.4, 0.5) is 0 Å². The summed E-state index contributed by atoms with van der Waals surface area (Å²) in [5.41, 5.74) is 1.68. The number of rotatable bonds is 3. The second-order valence-electron chi connectivity index (χ2n) is 4.28. The highest BCUT2D eigenvalue weighted by molar-refractivity contribution is 7.88. The van der Waals surface area contributed by atoms with Gasteiger partial charge in [0.2, 0.25) is 0 Å². The van der Waals surface area contributed by atoms with E-state index in [1.165, 1.54) is 0 Å². The van der Waals surface area contributed by atoms with E-state index >= 15 is 0 Å². The molecule has 1 aliphatic carbocycles. The SMILES string of the molecule is Cn1cnc2cc(OS(=O)(=O)C3CC3)ccc21. The van der Waals surface area contributed by atoms with Gasteiger partial charge in [0.15, 0.2) is 0 Å². The summed E-state index contributed by atoms with van der Waals surface area (Å²) in [5, 5.41) is -0.318. The molecule has 2 aromatic rings. The van der Waals surface area contributed by atoms with Gasteiger partial charge in [-0.25, -0.2) is 4.98 Å². The molecule has 3 rings (SSSR count). The lowest BCUT2D eigenvalue weighted by Crippen LogP contribution is -2.14. The van der Waals surface area contributed by atoms with Crippen LogP contribution in [0.15, 0.2) is 24.5 Å². The van der Waals surface area contributed by atoms with E-state index in [0.29, 0.717) is 18.6 Å². The van der Waals surface area contributed by atoms with Crippen molar-refractivity contribution < 1.29 is 12.6 Å². The molecular weight excluding hydrogens is 240 g/mol. The van der Waals surface area contributed by atoms with E-state index in [9.17, 15) is 8.42 Å². The van der Waals surface area contributed by atoms with E-state index in [4.69, 9.17) is 4.18 Å². The smallest absolute Gasteiger partial charge is 0.312 e. The molecule has 1 aromatic heterocycles. The standard InChI is InChI=1S/C11H12N2O3S/c1-13-7-12-10-6-8(2-5-11(10)13)16-17(14,15)9-3-4-9/h2,5-7,9H,3-4H2,1H3. The van der Waals surface area contributed by atoms with Crippen molar-refractivity contribution in [1.29, 1.82) is 0 Å². The molecule has 0 amide bonds. The minimum absolute atomic E-state index is 0.318. The number of aryl methyl sites for hydroxylation is 1. The number of benzene rings is 1. The van der Waals surface area contributed by atoms with Crippen LogP contribution in [-0.2, 0) is 17.2 Å². The van der Waals surface area contributed by atoms with Crippen LogP contribution in [0.25, 0.3) is 11.0 Å². The first-order chi connectivity index (χ1) is 8.06. The Bertz CT molecular complexity index is 671. The van der Waals surface area contributed by atoms with Crippen molar-refractivity contribution in [2.75, 3.05) is 0 Å². The molecule has 1 aliphatic rings. The summed E-state index contributed by atoms with van der Waals surface area (Å²) in [6.07, 6.45) is 3.09. The molecule has 0 aliphatic heterocycles. The lowest BCUT2D eigenvalue weighted by Gasteiger charge is -2.05. The van der Waals surface area contributed by atoms with Gasteiger partial charge in [0.1, 0.15) is 5.75 Å². The Morgan fingerprint density at radius 1 is 1.41 bits per heavy atom. The summed E-state index contributed by atoms with van der Waals surface area (Å²) >= 11 is 0. The zero-order valence-electron chi connectivity index (χ0n) is 9.33. The van der Waals surface area contributed by atoms with Gasteiger partial charge in [0.05, 0.1) is 22.6 Å². The number of aromatic nitrogens is 2. The predicted octanol–water partition coefficient (Wildman–Crippen LogP) is 1.44. The fourth-order valence-corrected chi connectivity index (χ4v) is 2.95. The first kappa shape index (κ1) is 10.6. The maximum Gasteiger partial charge on any atom is 0.312 e. The van der Waals surface area contributed by atoms with Crippen molar-refractivity contribution in [3.8, 4) is 5.75 Å².